The summed E-state index contributed by atoms with van der Waals surface area (Å²) < 4.78 is 0.986. The van der Waals surface area contributed by atoms with Crippen molar-refractivity contribution in [1.29, 1.82) is 0 Å². The fraction of sp³-hybridized carbons (Fsp3) is 0.130. The number of benzene rings is 3. The zero-order valence-corrected chi connectivity index (χ0v) is 17.1. The molecule has 2 amide bonds. The first kappa shape index (κ1) is 19.8. The maximum Gasteiger partial charge on any atom is 0.251 e. The van der Waals surface area contributed by atoms with Gasteiger partial charge in [-0.05, 0) is 47.9 Å². The molecule has 0 aliphatic rings. The fourth-order valence-electron chi connectivity index (χ4n) is 2.83. The standard InChI is InChI=1S/C23H21BrN2O2/c1-16(17-11-13-21(24)14-12-17)26-22(27)15-25-23(28)20-9-7-19(8-10-20)18-5-3-2-4-6-18/h2-14,16H,15H2,1H3,(H,25,28)(H,26,27). The molecule has 0 saturated carbocycles. The zero-order chi connectivity index (χ0) is 19.9. The predicted molar refractivity (Wildman–Crippen MR) is 115 cm³/mol. The van der Waals surface area contributed by atoms with E-state index in [9.17, 15) is 9.59 Å². The lowest BCUT2D eigenvalue weighted by atomic mass is 10.0. The molecule has 142 valence electrons. The van der Waals surface area contributed by atoms with Crippen LogP contribution in [0.3, 0.4) is 0 Å². The molecule has 3 aromatic rings. The van der Waals surface area contributed by atoms with Crippen molar-refractivity contribution in [3.63, 3.8) is 0 Å². The summed E-state index contributed by atoms with van der Waals surface area (Å²) in [5.41, 5.74) is 3.65. The number of nitrogens with one attached hydrogen (secondary N) is 2. The number of rotatable bonds is 6. The average Bonchev–Trinajstić information content (AvgIpc) is 2.73. The molecule has 5 heteroatoms. The molecule has 0 heterocycles. The Balaban J connectivity index is 1.52. The number of carbonyl (C=O) groups excluding carboxylic acids is 2. The topological polar surface area (TPSA) is 58.2 Å². The van der Waals surface area contributed by atoms with E-state index >= 15 is 0 Å². The second kappa shape index (κ2) is 9.33. The van der Waals surface area contributed by atoms with Crippen molar-refractivity contribution in [2.75, 3.05) is 6.54 Å². The number of carbonyl (C=O) groups is 2. The quantitative estimate of drug-likeness (QED) is 0.586. The molecule has 2 N–H and O–H groups in total. The van der Waals surface area contributed by atoms with Gasteiger partial charge in [0.05, 0.1) is 12.6 Å². The van der Waals surface area contributed by atoms with Crippen LogP contribution in [-0.2, 0) is 4.79 Å². The zero-order valence-electron chi connectivity index (χ0n) is 15.5. The molecule has 3 aromatic carbocycles. The van der Waals surface area contributed by atoms with Crippen LogP contribution in [0, 0.1) is 0 Å². The SMILES string of the molecule is CC(NC(=O)CNC(=O)c1ccc(-c2ccccc2)cc1)c1ccc(Br)cc1. The van der Waals surface area contributed by atoms with Crippen molar-refractivity contribution in [1.82, 2.24) is 10.6 Å². The van der Waals surface area contributed by atoms with E-state index in [-0.39, 0.29) is 24.4 Å². The molecule has 1 unspecified atom stereocenters. The normalized spacial score (nSPS) is 11.5. The first-order valence-corrected chi connectivity index (χ1v) is 9.81. The number of halogens is 1. The van der Waals surface area contributed by atoms with Crippen LogP contribution < -0.4 is 10.6 Å². The molecule has 0 radical (unpaired) electrons. The van der Waals surface area contributed by atoms with Crippen molar-refractivity contribution in [2.24, 2.45) is 0 Å². The van der Waals surface area contributed by atoms with Gasteiger partial charge >= 0.3 is 0 Å². The van der Waals surface area contributed by atoms with Crippen LogP contribution in [0.4, 0.5) is 0 Å². The fourth-order valence-corrected chi connectivity index (χ4v) is 3.10. The molecule has 4 nitrogen and oxygen atoms in total. The maximum atomic E-state index is 12.3. The Bertz CT molecular complexity index is 939. The van der Waals surface area contributed by atoms with E-state index in [1.54, 1.807) is 12.1 Å². The summed E-state index contributed by atoms with van der Waals surface area (Å²) in [7, 11) is 0. The summed E-state index contributed by atoms with van der Waals surface area (Å²) in [6.45, 7) is 1.84. The molecule has 0 aliphatic heterocycles. The largest absolute Gasteiger partial charge is 0.348 e. The Morgan fingerprint density at radius 2 is 1.46 bits per heavy atom. The van der Waals surface area contributed by atoms with Gasteiger partial charge in [0.25, 0.3) is 5.91 Å². The minimum absolute atomic E-state index is 0.0693. The molecule has 1 atom stereocenters. The first-order chi connectivity index (χ1) is 13.5. The highest BCUT2D eigenvalue weighted by Gasteiger charge is 2.12. The van der Waals surface area contributed by atoms with Crippen molar-refractivity contribution in [3.05, 3.63) is 94.5 Å². The van der Waals surface area contributed by atoms with E-state index in [2.05, 4.69) is 26.6 Å². The van der Waals surface area contributed by atoms with Gasteiger partial charge in [0.15, 0.2) is 0 Å². The van der Waals surface area contributed by atoms with Gasteiger partial charge in [0.2, 0.25) is 5.91 Å². The van der Waals surface area contributed by atoms with Crippen LogP contribution in [0.5, 0.6) is 0 Å². The van der Waals surface area contributed by atoms with Crippen LogP contribution in [0.25, 0.3) is 11.1 Å². The Kier molecular flexibility index (Phi) is 6.61. The van der Waals surface area contributed by atoms with E-state index in [0.29, 0.717) is 5.56 Å². The van der Waals surface area contributed by atoms with Crippen LogP contribution in [-0.4, -0.2) is 18.4 Å². The van der Waals surface area contributed by atoms with Crippen molar-refractivity contribution >= 4 is 27.7 Å². The summed E-state index contributed by atoms with van der Waals surface area (Å²) in [6.07, 6.45) is 0. The molecule has 0 spiro atoms. The lowest BCUT2D eigenvalue weighted by Crippen LogP contribution is -2.38. The molecular weight excluding hydrogens is 416 g/mol. The number of hydrogen-bond donors (Lipinski definition) is 2. The molecule has 0 bridgehead atoms. The van der Waals surface area contributed by atoms with Crippen molar-refractivity contribution in [3.8, 4) is 11.1 Å². The second-order valence-corrected chi connectivity index (χ2v) is 7.38. The smallest absolute Gasteiger partial charge is 0.251 e. The van der Waals surface area contributed by atoms with E-state index in [1.807, 2.05) is 73.7 Å². The van der Waals surface area contributed by atoms with Crippen LogP contribution in [0.15, 0.2) is 83.3 Å². The van der Waals surface area contributed by atoms with Crippen LogP contribution in [0.2, 0.25) is 0 Å². The Labute approximate surface area is 173 Å². The van der Waals surface area contributed by atoms with Gasteiger partial charge in [-0.25, -0.2) is 0 Å². The number of amides is 2. The average molecular weight is 437 g/mol. The van der Waals surface area contributed by atoms with Gasteiger partial charge in [0.1, 0.15) is 0 Å². The van der Waals surface area contributed by atoms with Crippen LogP contribution >= 0.6 is 15.9 Å². The molecule has 0 fully saturated rings. The third-order valence-electron chi connectivity index (χ3n) is 4.41. The van der Waals surface area contributed by atoms with E-state index in [4.69, 9.17) is 0 Å². The molecule has 0 saturated heterocycles. The monoisotopic (exact) mass is 436 g/mol. The predicted octanol–water partition coefficient (Wildman–Crippen LogP) is 4.72. The van der Waals surface area contributed by atoms with Gasteiger partial charge in [-0.15, -0.1) is 0 Å². The van der Waals surface area contributed by atoms with Crippen molar-refractivity contribution in [2.45, 2.75) is 13.0 Å². The Hall–Kier alpha value is -2.92. The highest BCUT2D eigenvalue weighted by molar-refractivity contribution is 9.10. The molecule has 3 rings (SSSR count). The van der Waals surface area contributed by atoms with E-state index < -0.39 is 0 Å². The van der Waals surface area contributed by atoms with Gasteiger partial charge in [-0.3, -0.25) is 9.59 Å². The molecular formula is C23H21BrN2O2. The van der Waals surface area contributed by atoms with Gasteiger partial charge < -0.3 is 10.6 Å². The minimum atomic E-state index is -0.272. The third-order valence-corrected chi connectivity index (χ3v) is 4.94. The minimum Gasteiger partial charge on any atom is -0.348 e. The summed E-state index contributed by atoms with van der Waals surface area (Å²) in [4.78, 5) is 24.4. The molecule has 0 aliphatic carbocycles. The first-order valence-electron chi connectivity index (χ1n) is 9.01. The van der Waals surface area contributed by atoms with E-state index in [0.717, 1.165) is 21.2 Å². The van der Waals surface area contributed by atoms with Crippen LogP contribution in [0.1, 0.15) is 28.9 Å². The highest BCUT2D eigenvalue weighted by Crippen LogP contribution is 2.19. The Morgan fingerprint density at radius 3 is 2.11 bits per heavy atom. The summed E-state index contributed by atoms with van der Waals surface area (Å²) >= 11 is 3.39. The lowest BCUT2D eigenvalue weighted by Gasteiger charge is -2.15. The maximum absolute atomic E-state index is 12.3. The van der Waals surface area contributed by atoms with Gasteiger partial charge in [0, 0.05) is 10.0 Å². The highest BCUT2D eigenvalue weighted by atomic mass is 79.9. The van der Waals surface area contributed by atoms with E-state index in [1.165, 1.54) is 0 Å². The Morgan fingerprint density at radius 1 is 0.857 bits per heavy atom. The lowest BCUT2D eigenvalue weighted by molar-refractivity contribution is -0.120. The van der Waals surface area contributed by atoms with Gasteiger partial charge in [-0.2, -0.15) is 0 Å². The number of hydrogen-bond acceptors (Lipinski definition) is 2. The van der Waals surface area contributed by atoms with Crippen molar-refractivity contribution < 1.29 is 9.59 Å². The summed E-state index contributed by atoms with van der Waals surface area (Å²) in [5, 5.41) is 5.55. The molecule has 28 heavy (non-hydrogen) atoms. The second-order valence-electron chi connectivity index (χ2n) is 6.47. The summed E-state index contributed by atoms with van der Waals surface area (Å²) in [6, 6.07) is 24.9. The van der Waals surface area contributed by atoms with Gasteiger partial charge in [-0.1, -0.05) is 70.5 Å². The third kappa shape index (κ3) is 5.30. The summed E-state index contributed by atoms with van der Waals surface area (Å²) in [5.74, 6) is -0.504. The molecule has 0 aromatic heterocycles.